The quantitative estimate of drug-likeness (QED) is 0.550. The van der Waals surface area contributed by atoms with Crippen molar-refractivity contribution < 1.29 is 0 Å². The molecule has 0 radical (unpaired) electrons. The first-order valence-corrected chi connectivity index (χ1v) is 11.3. The molecule has 4 atom stereocenters. The summed E-state index contributed by atoms with van der Waals surface area (Å²) in [6.07, 6.45) is 6.31. The first-order valence-electron chi connectivity index (χ1n) is 11.3. The number of aromatic amines is 1. The fraction of sp³-hybridized carbons (Fsp3) is 0.481. The molecule has 4 unspecified atom stereocenters. The molecule has 2 heteroatoms. The van der Waals surface area contributed by atoms with Crippen molar-refractivity contribution in [3.63, 3.8) is 0 Å². The van der Waals surface area contributed by atoms with E-state index >= 15 is 0 Å². The zero-order chi connectivity index (χ0) is 20.2. The maximum Gasteiger partial charge on any atom is 0.0483 e. The summed E-state index contributed by atoms with van der Waals surface area (Å²) in [5, 5.41) is 1.45. The van der Waals surface area contributed by atoms with Gasteiger partial charge in [0.25, 0.3) is 0 Å². The lowest BCUT2D eigenvalue weighted by Crippen LogP contribution is -2.57. The van der Waals surface area contributed by atoms with Gasteiger partial charge in [-0.15, -0.1) is 0 Å². The molecule has 1 spiro atoms. The van der Waals surface area contributed by atoms with E-state index in [1.165, 1.54) is 48.6 Å². The SMILES string of the molecule is CC1CC(c2ccccc2)(N(C)C)C(C)CC12CCCc1c2[nH]c2ccccc12. The zero-order valence-electron chi connectivity index (χ0n) is 18.3. The number of rotatable bonds is 2. The highest BCUT2D eigenvalue weighted by atomic mass is 15.2. The lowest BCUT2D eigenvalue weighted by Gasteiger charge is -2.58. The van der Waals surface area contributed by atoms with Crippen LogP contribution in [0.5, 0.6) is 0 Å². The van der Waals surface area contributed by atoms with Gasteiger partial charge in [-0.2, -0.15) is 0 Å². The van der Waals surface area contributed by atoms with Crippen LogP contribution in [0.25, 0.3) is 10.9 Å². The monoisotopic (exact) mass is 386 g/mol. The van der Waals surface area contributed by atoms with Crippen molar-refractivity contribution in [2.45, 2.75) is 56.9 Å². The number of hydrogen-bond acceptors (Lipinski definition) is 1. The summed E-state index contributed by atoms with van der Waals surface area (Å²) >= 11 is 0. The van der Waals surface area contributed by atoms with Crippen LogP contribution in [0.4, 0.5) is 0 Å². The Morgan fingerprint density at radius 2 is 1.62 bits per heavy atom. The molecule has 1 aromatic heterocycles. The fourth-order valence-electron chi connectivity index (χ4n) is 7.08. The summed E-state index contributed by atoms with van der Waals surface area (Å²) in [6, 6.07) is 20.2. The van der Waals surface area contributed by atoms with Gasteiger partial charge >= 0.3 is 0 Å². The van der Waals surface area contributed by atoms with Crippen LogP contribution in [0.15, 0.2) is 54.6 Å². The van der Waals surface area contributed by atoms with Crippen LogP contribution in [-0.2, 0) is 17.4 Å². The Morgan fingerprint density at radius 3 is 2.38 bits per heavy atom. The van der Waals surface area contributed by atoms with Crippen LogP contribution in [0.2, 0.25) is 0 Å². The number of fused-ring (bicyclic) bond motifs is 4. The van der Waals surface area contributed by atoms with Crippen molar-refractivity contribution in [2.24, 2.45) is 11.8 Å². The second-order valence-corrected chi connectivity index (χ2v) is 9.93. The largest absolute Gasteiger partial charge is 0.358 e. The summed E-state index contributed by atoms with van der Waals surface area (Å²) < 4.78 is 0. The number of benzene rings is 2. The smallest absolute Gasteiger partial charge is 0.0483 e. The molecule has 3 aromatic rings. The minimum Gasteiger partial charge on any atom is -0.358 e. The second-order valence-electron chi connectivity index (χ2n) is 9.93. The Balaban J connectivity index is 1.63. The molecule has 1 saturated carbocycles. The first-order chi connectivity index (χ1) is 14.0. The van der Waals surface area contributed by atoms with Crippen molar-refractivity contribution in [1.82, 2.24) is 9.88 Å². The van der Waals surface area contributed by atoms with Gasteiger partial charge in [0.2, 0.25) is 0 Å². The molecule has 2 aliphatic rings. The molecule has 0 amide bonds. The van der Waals surface area contributed by atoms with Crippen LogP contribution < -0.4 is 0 Å². The molecule has 0 bridgehead atoms. The van der Waals surface area contributed by atoms with Gasteiger partial charge in [0.15, 0.2) is 0 Å². The maximum atomic E-state index is 3.91. The predicted octanol–water partition coefficient (Wildman–Crippen LogP) is 6.27. The molecule has 5 rings (SSSR count). The molecule has 0 aliphatic heterocycles. The molecule has 2 nitrogen and oxygen atoms in total. The van der Waals surface area contributed by atoms with Gasteiger partial charge in [0, 0.05) is 27.6 Å². The standard InChI is InChI=1S/C27H34N2/c1-19-18-27(29(3)4,21-11-6-5-7-12-21)20(2)17-26(19)16-10-14-23-22-13-8-9-15-24(22)28-25(23)26/h5-9,11-13,15,19-20,28H,10,14,16-18H2,1-4H3. The molecule has 1 N–H and O–H groups in total. The first kappa shape index (κ1) is 18.9. The predicted molar refractivity (Wildman–Crippen MR) is 122 cm³/mol. The molecule has 2 aromatic carbocycles. The molecule has 29 heavy (non-hydrogen) atoms. The van der Waals surface area contributed by atoms with Crippen LogP contribution in [-0.4, -0.2) is 24.0 Å². The molecule has 0 saturated heterocycles. The highest BCUT2D eigenvalue weighted by molar-refractivity contribution is 5.85. The van der Waals surface area contributed by atoms with Gasteiger partial charge in [-0.25, -0.2) is 0 Å². The molecule has 1 fully saturated rings. The zero-order valence-corrected chi connectivity index (χ0v) is 18.3. The van der Waals surface area contributed by atoms with Crippen molar-refractivity contribution in [3.8, 4) is 0 Å². The van der Waals surface area contributed by atoms with Crippen LogP contribution >= 0.6 is 0 Å². The third kappa shape index (κ3) is 2.58. The Labute approximate surface area is 175 Å². The second kappa shape index (κ2) is 6.74. The van der Waals surface area contributed by atoms with Gasteiger partial charge in [-0.1, -0.05) is 62.4 Å². The number of nitrogens with zero attached hydrogens (tertiary/aromatic N) is 1. The number of para-hydroxylation sites is 1. The topological polar surface area (TPSA) is 19.0 Å². The van der Waals surface area contributed by atoms with Gasteiger partial charge in [0.1, 0.15) is 0 Å². The van der Waals surface area contributed by atoms with E-state index < -0.39 is 0 Å². The highest BCUT2D eigenvalue weighted by Crippen LogP contribution is 2.59. The summed E-state index contributed by atoms with van der Waals surface area (Å²) in [5.41, 5.74) is 6.35. The molecule has 152 valence electrons. The summed E-state index contributed by atoms with van der Waals surface area (Å²) in [5.74, 6) is 1.22. The van der Waals surface area contributed by atoms with Crippen LogP contribution in [0, 0.1) is 11.8 Å². The van der Waals surface area contributed by atoms with Gasteiger partial charge in [-0.3, -0.25) is 4.90 Å². The van der Waals surface area contributed by atoms with Crippen LogP contribution in [0.3, 0.4) is 0 Å². The lowest BCUT2D eigenvalue weighted by molar-refractivity contribution is -0.0277. The van der Waals surface area contributed by atoms with E-state index in [2.05, 4.69) is 92.4 Å². The third-order valence-corrected chi connectivity index (χ3v) is 8.48. The van der Waals surface area contributed by atoms with Crippen molar-refractivity contribution in [2.75, 3.05) is 14.1 Å². The lowest BCUT2D eigenvalue weighted by atomic mass is 9.51. The van der Waals surface area contributed by atoms with Crippen molar-refractivity contribution >= 4 is 10.9 Å². The van der Waals surface area contributed by atoms with E-state index in [4.69, 9.17) is 0 Å². The number of aryl methyl sites for hydroxylation is 1. The Kier molecular flexibility index (Phi) is 4.40. The fourth-order valence-corrected chi connectivity index (χ4v) is 7.08. The van der Waals surface area contributed by atoms with Crippen molar-refractivity contribution in [3.05, 3.63) is 71.4 Å². The molecular weight excluding hydrogens is 352 g/mol. The van der Waals surface area contributed by atoms with E-state index in [9.17, 15) is 0 Å². The van der Waals surface area contributed by atoms with Crippen molar-refractivity contribution in [1.29, 1.82) is 0 Å². The molecule has 1 heterocycles. The van der Waals surface area contributed by atoms with Gasteiger partial charge in [-0.05, 0) is 75.2 Å². The maximum absolute atomic E-state index is 3.91. The van der Waals surface area contributed by atoms with E-state index in [0.29, 0.717) is 11.8 Å². The Bertz CT molecular complexity index is 1020. The molecular formula is C27H34N2. The van der Waals surface area contributed by atoms with Gasteiger partial charge in [0.05, 0.1) is 0 Å². The van der Waals surface area contributed by atoms with Crippen LogP contribution in [0.1, 0.15) is 56.4 Å². The normalized spacial score (nSPS) is 32.0. The Hall–Kier alpha value is -2.06. The minimum absolute atomic E-state index is 0.107. The average molecular weight is 387 g/mol. The highest BCUT2D eigenvalue weighted by Gasteiger charge is 2.55. The molecule has 2 aliphatic carbocycles. The number of nitrogens with one attached hydrogen (secondary N) is 1. The summed E-state index contributed by atoms with van der Waals surface area (Å²) in [7, 11) is 4.56. The summed E-state index contributed by atoms with van der Waals surface area (Å²) in [4.78, 5) is 6.42. The summed E-state index contributed by atoms with van der Waals surface area (Å²) in [6.45, 7) is 5.02. The van der Waals surface area contributed by atoms with E-state index in [0.717, 1.165) is 0 Å². The third-order valence-electron chi connectivity index (χ3n) is 8.48. The minimum atomic E-state index is 0.107. The van der Waals surface area contributed by atoms with E-state index in [1.54, 1.807) is 11.3 Å². The Morgan fingerprint density at radius 1 is 0.897 bits per heavy atom. The van der Waals surface area contributed by atoms with E-state index in [-0.39, 0.29) is 11.0 Å². The van der Waals surface area contributed by atoms with E-state index in [1.807, 2.05) is 0 Å². The van der Waals surface area contributed by atoms with Gasteiger partial charge < -0.3 is 4.98 Å². The average Bonchev–Trinajstić information content (AvgIpc) is 3.11. The number of H-pyrrole nitrogens is 1. The number of aromatic nitrogens is 1. The number of hydrogen-bond donors (Lipinski definition) is 1.